The van der Waals surface area contributed by atoms with Gasteiger partial charge in [-0.3, -0.25) is 4.79 Å². The molecule has 0 aliphatic carbocycles. The summed E-state index contributed by atoms with van der Waals surface area (Å²) in [5, 5.41) is 17.7. The predicted octanol–water partition coefficient (Wildman–Crippen LogP) is 4.70. The minimum Gasteiger partial charge on any atom is -0.463 e. The molecule has 0 aromatic rings. The molecule has 4 nitrogen and oxygen atoms in total. The number of unbranched alkanes of at least 4 members (excludes halogenated alkanes) is 8. The molecule has 0 spiro atoms. The van der Waals surface area contributed by atoms with Crippen molar-refractivity contribution in [2.75, 3.05) is 13.2 Å². The van der Waals surface area contributed by atoms with E-state index in [-0.39, 0.29) is 19.2 Å². The van der Waals surface area contributed by atoms with E-state index >= 15 is 0 Å². The summed E-state index contributed by atoms with van der Waals surface area (Å²) in [5.74, 6) is -0.293. The van der Waals surface area contributed by atoms with Crippen LogP contribution in [-0.2, 0) is 9.53 Å². The van der Waals surface area contributed by atoms with E-state index in [4.69, 9.17) is 14.9 Å². The highest BCUT2D eigenvalue weighted by atomic mass is 16.5. The third kappa shape index (κ3) is 19.0. The zero-order valence-corrected chi connectivity index (χ0v) is 16.0. The van der Waals surface area contributed by atoms with Crippen LogP contribution in [0.25, 0.3) is 0 Å². The summed E-state index contributed by atoms with van der Waals surface area (Å²) in [6.07, 6.45) is 21.1. The molecule has 1 atom stereocenters. The van der Waals surface area contributed by atoms with Crippen LogP contribution in [0.5, 0.6) is 0 Å². The van der Waals surface area contributed by atoms with Crippen LogP contribution in [0.2, 0.25) is 0 Å². The fraction of sp³-hybridized carbons (Fsp3) is 0.762. The van der Waals surface area contributed by atoms with Gasteiger partial charge in [0, 0.05) is 6.42 Å². The highest BCUT2D eigenvalue weighted by molar-refractivity contribution is 5.69. The van der Waals surface area contributed by atoms with Gasteiger partial charge in [-0.1, -0.05) is 63.3 Å². The minimum absolute atomic E-state index is 0.115. The molecule has 0 aliphatic heterocycles. The number of hydrogen-bond donors (Lipinski definition) is 2. The third-order valence-corrected chi connectivity index (χ3v) is 3.98. The van der Waals surface area contributed by atoms with Gasteiger partial charge in [0.25, 0.3) is 0 Å². The molecule has 0 fully saturated rings. The summed E-state index contributed by atoms with van der Waals surface area (Å²) in [5.41, 5.74) is 0. The fourth-order valence-electron chi connectivity index (χ4n) is 2.39. The molecule has 2 N–H and O–H groups in total. The molecule has 0 heterocycles. The standard InChI is InChI=1S/C21H38O4/c1-2-3-4-5-6-7-8-9-10-11-12-13-14-15-16-17-21(24)25-19-20(23)18-22/h6-7,9-10,20,22-23H,2-5,8,11-19H2,1H3/b7-6-,10-9+. The molecule has 25 heavy (non-hydrogen) atoms. The van der Waals surface area contributed by atoms with Crippen LogP contribution in [0.4, 0.5) is 0 Å². The van der Waals surface area contributed by atoms with Crippen molar-refractivity contribution in [3.05, 3.63) is 24.3 Å². The molecule has 0 saturated carbocycles. The molecule has 0 bridgehead atoms. The lowest BCUT2D eigenvalue weighted by Gasteiger charge is -2.08. The summed E-state index contributed by atoms with van der Waals surface area (Å²) in [6, 6.07) is 0. The zero-order chi connectivity index (χ0) is 18.6. The second-order valence-electron chi connectivity index (χ2n) is 6.50. The first-order valence-corrected chi connectivity index (χ1v) is 9.95. The quantitative estimate of drug-likeness (QED) is 0.226. The van der Waals surface area contributed by atoms with Crippen molar-refractivity contribution in [3.8, 4) is 0 Å². The molecule has 0 saturated heterocycles. The Kier molecular flexibility index (Phi) is 18.3. The minimum atomic E-state index is -0.964. The lowest BCUT2D eigenvalue weighted by Crippen LogP contribution is -2.21. The van der Waals surface area contributed by atoms with Crippen molar-refractivity contribution < 1.29 is 19.7 Å². The third-order valence-electron chi connectivity index (χ3n) is 3.98. The van der Waals surface area contributed by atoms with E-state index < -0.39 is 6.10 Å². The summed E-state index contributed by atoms with van der Waals surface area (Å²) in [4.78, 5) is 11.4. The highest BCUT2D eigenvalue weighted by Gasteiger charge is 2.07. The Morgan fingerprint density at radius 3 is 2.16 bits per heavy atom. The highest BCUT2D eigenvalue weighted by Crippen LogP contribution is 2.08. The molecule has 0 aromatic carbocycles. The molecule has 146 valence electrons. The first-order valence-electron chi connectivity index (χ1n) is 9.95. The maximum absolute atomic E-state index is 11.4. The van der Waals surface area contributed by atoms with Crippen LogP contribution in [-0.4, -0.2) is 35.5 Å². The number of hydrogen-bond acceptors (Lipinski definition) is 4. The number of rotatable bonds is 17. The number of allylic oxidation sites excluding steroid dienone is 4. The van der Waals surface area contributed by atoms with Crippen molar-refractivity contribution >= 4 is 5.97 Å². The number of ether oxygens (including phenoxy) is 1. The normalized spacial score (nSPS) is 12.9. The van der Waals surface area contributed by atoms with Gasteiger partial charge in [0.05, 0.1) is 6.61 Å². The number of carbonyl (C=O) groups excluding carboxylic acids is 1. The Bertz CT molecular complexity index is 350. The second kappa shape index (κ2) is 19.2. The van der Waals surface area contributed by atoms with Gasteiger partial charge in [-0.05, 0) is 38.5 Å². The second-order valence-corrected chi connectivity index (χ2v) is 6.50. The van der Waals surface area contributed by atoms with Crippen molar-refractivity contribution in [2.24, 2.45) is 0 Å². The summed E-state index contributed by atoms with van der Waals surface area (Å²) in [6.45, 7) is 1.74. The van der Waals surface area contributed by atoms with Crippen LogP contribution in [0, 0.1) is 0 Å². The Morgan fingerprint density at radius 1 is 0.920 bits per heavy atom. The van der Waals surface area contributed by atoms with Gasteiger partial charge in [0.1, 0.15) is 12.7 Å². The molecule has 1 unspecified atom stereocenters. The van der Waals surface area contributed by atoms with E-state index in [0.717, 1.165) is 32.1 Å². The van der Waals surface area contributed by atoms with E-state index in [9.17, 15) is 4.79 Å². The Labute approximate surface area is 154 Å². The van der Waals surface area contributed by atoms with Gasteiger partial charge in [-0.25, -0.2) is 0 Å². The molecular weight excluding hydrogens is 316 g/mol. The van der Waals surface area contributed by atoms with Gasteiger partial charge >= 0.3 is 5.97 Å². The zero-order valence-electron chi connectivity index (χ0n) is 16.0. The fourth-order valence-corrected chi connectivity index (χ4v) is 2.39. The van der Waals surface area contributed by atoms with Crippen molar-refractivity contribution in [2.45, 2.75) is 90.1 Å². The molecular formula is C21H38O4. The van der Waals surface area contributed by atoms with E-state index in [1.54, 1.807) is 0 Å². The van der Waals surface area contributed by atoms with Crippen LogP contribution >= 0.6 is 0 Å². The van der Waals surface area contributed by atoms with Gasteiger partial charge in [0.15, 0.2) is 0 Å². The first-order chi connectivity index (χ1) is 12.2. The maximum atomic E-state index is 11.4. The largest absolute Gasteiger partial charge is 0.463 e. The average Bonchev–Trinajstić information content (AvgIpc) is 2.62. The molecule has 0 radical (unpaired) electrons. The van der Waals surface area contributed by atoms with Gasteiger partial charge in [-0.2, -0.15) is 0 Å². The van der Waals surface area contributed by atoms with Crippen LogP contribution in [0.1, 0.15) is 84.0 Å². The number of aliphatic hydroxyl groups is 2. The van der Waals surface area contributed by atoms with Crippen LogP contribution in [0.15, 0.2) is 24.3 Å². The van der Waals surface area contributed by atoms with E-state index in [2.05, 4.69) is 31.2 Å². The monoisotopic (exact) mass is 354 g/mol. The van der Waals surface area contributed by atoms with Crippen molar-refractivity contribution in [1.29, 1.82) is 0 Å². The van der Waals surface area contributed by atoms with Gasteiger partial charge < -0.3 is 14.9 Å². The molecule has 0 aromatic heterocycles. The summed E-state index contributed by atoms with van der Waals surface area (Å²) < 4.78 is 4.85. The van der Waals surface area contributed by atoms with Crippen molar-refractivity contribution in [3.63, 3.8) is 0 Å². The SMILES string of the molecule is CCCCC/C=C\C/C=C/CCCCCCCC(=O)OCC(O)CO. The molecule has 0 aliphatic rings. The Hall–Kier alpha value is -1.13. The van der Waals surface area contributed by atoms with E-state index in [1.165, 1.54) is 38.5 Å². The molecule has 0 rings (SSSR count). The maximum Gasteiger partial charge on any atom is 0.305 e. The Balaban J connectivity index is 3.30. The molecule has 4 heteroatoms. The van der Waals surface area contributed by atoms with Gasteiger partial charge in [-0.15, -0.1) is 0 Å². The van der Waals surface area contributed by atoms with Gasteiger partial charge in [0.2, 0.25) is 0 Å². The Morgan fingerprint density at radius 2 is 1.52 bits per heavy atom. The smallest absolute Gasteiger partial charge is 0.305 e. The topological polar surface area (TPSA) is 66.8 Å². The molecule has 0 amide bonds. The number of aliphatic hydroxyl groups excluding tert-OH is 2. The average molecular weight is 355 g/mol. The van der Waals surface area contributed by atoms with Crippen LogP contribution in [0.3, 0.4) is 0 Å². The summed E-state index contributed by atoms with van der Waals surface area (Å²) >= 11 is 0. The van der Waals surface area contributed by atoms with Crippen molar-refractivity contribution in [1.82, 2.24) is 0 Å². The van der Waals surface area contributed by atoms with E-state index in [1.807, 2.05) is 0 Å². The lowest BCUT2D eigenvalue weighted by molar-refractivity contribution is -0.147. The predicted molar refractivity (Wildman–Crippen MR) is 103 cm³/mol. The summed E-state index contributed by atoms with van der Waals surface area (Å²) in [7, 11) is 0. The van der Waals surface area contributed by atoms with E-state index in [0.29, 0.717) is 6.42 Å². The number of carbonyl (C=O) groups is 1. The first kappa shape index (κ1) is 23.9. The number of esters is 1. The van der Waals surface area contributed by atoms with Crippen LogP contribution < -0.4 is 0 Å². The lowest BCUT2D eigenvalue weighted by atomic mass is 10.1.